The van der Waals surface area contributed by atoms with E-state index in [9.17, 15) is 0 Å². The predicted molar refractivity (Wildman–Crippen MR) is 85.6 cm³/mol. The molecule has 4 heteroatoms. The standard InChI is InChI=1S/C16H23BrN2O/c1-12(2)19-10-13-5-6-15(14(17)9-13)20-8-7-16(3,4)11-18/h5-6,9,12,19H,7-8,10H2,1-4H3. The molecule has 20 heavy (non-hydrogen) atoms. The Labute approximate surface area is 130 Å². The second kappa shape index (κ2) is 7.66. The normalized spacial score (nSPS) is 11.4. The number of ether oxygens (including phenoxy) is 1. The highest BCUT2D eigenvalue weighted by atomic mass is 79.9. The molecule has 0 unspecified atom stereocenters. The van der Waals surface area contributed by atoms with Crippen LogP contribution in [0.3, 0.4) is 0 Å². The van der Waals surface area contributed by atoms with Crippen LogP contribution in [0.25, 0.3) is 0 Å². The molecule has 1 N–H and O–H groups in total. The highest BCUT2D eigenvalue weighted by Crippen LogP contribution is 2.27. The SMILES string of the molecule is CC(C)NCc1ccc(OCCC(C)(C)C#N)c(Br)c1. The van der Waals surface area contributed by atoms with Gasteiger partial charge in [0.1, 0.15) is 5.75 Å². The van der Waals surface area contributed by atoms with E-state index in [1.165, 1.54) is 5.56 Å². The minimum Gasteiger partial charge on any atom is -0.492 e. The van der Waals surface area contributed by atoms with Crippen molar-refractivity contribution < 1.29 is 4.74 Å². The van der Waals surface area contributed by atoms with Crippen LogP contribution in [0.2, 0.25) is 0 Å². The van der Waals surface area contributed by atoms with Crippen molar-refractivity contribution in [3.63, 3.8) is 0 Å². The van der Waals surface area contributed by atoms with Crippen LogP contribution in [0.5, 0.6) is 5.75 Å². The van der Waals surface area contributed by atoms with Gasteiger partial charge in [-0.25, -0.2) is 0 Å². The Balaban J connectivity index is 2.54. The van der Waals surface area contributed by atoms with Crippen LogP contribution in [-0.2, 0) is 6.54 Å². The van der Waals surface area contributed by atoms with Crippen molar-refractivity contribution in [3.8, 4) is 11.8 Å². The number of halogens is 1. The molecule has 0 amide bonds. The van der Waals surface area contributed by atoms with Gasteiger partial charge in [-0.05, 0) is 53.9 Å². The number of rotatable bonds is 7. The Bertz CT molecular complexity index is 478. The highest BCUT2D eigenvalue weighted by molar-refractivity contribution is 9.10. The van der Waals surface area contributed by atoms with Crippen molar-refractivity contribution in [2.75, 3.05) is 6.61 Å². The third-order valence-electron chi connectivity index (χ3n) is 3.00. The summed E-state index contributed by atoms with van der Waals surface area (Å²) in [5.41, 5.74) is 0.878. The molecule has 110 valence electrons. The molecule has 0 fully saturated rings. The first-order chi connectivity index (χ1) is 9.34. The molecule has 0 aliphatic heterocycles. The summed E-state index contributed by atoms with van der Waals surface area (Å²) in [6.07, 6.45) is 0.715. The van der Waals surface area contributed by atoms with Crippen molar-refractivity contribution in [3.05, 3.63) is 28.2 Å². The van der Waals surface area contributed by atoms with E-state index < -0.39 is 0 Å². The van der Waals surface area contributed by atoms with Gasteiger partial charge in [0, 0.05) is 12.6 Å². The van der Waals surface area contributed by atoms with E-state index >= 15 is 0 Å². The molecule has 0 aliphatic rings. The summed E-state index contributed by atoms with van der Waals surface area (Å²) in [6, 6.07) is 8.85. The fraction of sp³-hybridized carbons (Fsp3) is 0.562. The predicted octanol–water partition coefficient (Wildman–Crippen LogP) is 4.27. The van der Waals surface area contributed by atoms with Gasteiger partial charge in [-0.2, -0.15) is 5.26 Å². The van der Waals surface area contributed by atoms with Gasteiger partial charge in [-0.15, -0.1) is 0 Å². The second-order valence-electron chi connectivity index (χ2n) is 5.89. The maximum atomic E-state index is 8.96. The molecule has 3 nitrogen and oxygen atoms in total. The maximum Gasteiger partial charge on any atom is 0.133 e. The molecule has 0 spiro atoms. The number of hydrogen-bond acceptors (Lipinski definition) is 3. The third-order valence-corrected chi connectivity index (χ3v) is 3.62. The summed E-state index contributed by atoms with van der Waals surface area (Å²) in [5.74, 6) is 0.826. The van der Waals surface area contributed by atoms with Gasteiger partial charge in [-0.3, -0.25) is 0 Å². The Morgan fingerprint density at radius 1 is 1.40 bits per heavy atom. The molecule has 0 bridgehead atoms. The van der Waals surface area contributed by atoms with Crippen LogP contribution in [0.15, 0.2) is 22.7 Å². The van der Waals surface area contributed by atoms with Crippen molar-refractivity contribution in [2.24, 2.45) is 5.41 Å². The van der Waals surface area contributed by atoms with Gasteiger partial charge in [0.2, 0.25) is 0 Å². The first-order valence-electron chi connectivity index (χ1n) is 6.90. The fourth-order valence-corrected chi connectivity index (χ4v) is 2.11. The van der Waals surface area contributed by atoms with Crippen LogP contribution >= 0.6 is 15.9 Å². The van der Waals surface area contributed by atoms with E-state index in [1.54, 1.807) is 0 Å². The van der Waals surface area contributed by atoms with Crippen LogP contribution in [0.1, 0.15) is 39.7 Å². The lowest BCUT2D eigenvalue weighted by molar-refractivity contribution is 0.263. The van der Waals surface area contributed by atoms with Gasteiger partial charge in [0.15, 0.2) is 0 Å². The average Bonchev–Trinajstić information content (AvgIpc) is 2.38. The number of hydrogen-bond donors (Lipinski definition) is 1. The molecule has 0 aromatic heterocycles. The fourth-order valence-electron chi connectivity index (χ4n) is 1.57. The molecule has 1 aromatic carbocycles. The zero-order valence-corrected chi connectivity index (χ0v) is 14.3. The minimum absolute atomic E-state index is 0.340. The van der Waals surface area contributed by atoms with Gasteiger partial charge in [-0.1, -0.05) is 19.9 Å². The summed E-state index contributed by atoms with van der Waals surface area (Å²) < 4.78 is 6.69. The smallest absolute Gasteiger partial charge is 0.133 e. The zero-order valence-electron chi connectivity index (χ0n) is 12.7. The number of nitrogens with zero attached hydrogens (tertiary/aromatic N) is 1. The van der Waals surface area contributed by atoms with E-state index in [2.05, 4.69) is 53.3 Å². The number of nitriles is 1. The van der Waals surface area contributed by atoms with E-state index in [-0.39, 0.29) is 5.41 Å². The zero-order chi connectivity index (χ0) is 15.2. The minimum atomic E-state index is -0.340. The number of benzene rings is 1. The lowest BCUT2D eigenvalue weighted by Crippen LogP contribution is -2.21. The molecule has 0 aliphatic carbocycles. The first kappa shape index (κ1) is 17.0. The van der Waals surface area contributed by atoms with Crippen molar-refractivity contribution in [1.29, 1.82) is 5.26 Å². The van der Waals surface area contributed by atoms with E-state index in [1.807, 2.05) is 19.9 Å². The first-order valence-corrected chi connectivity index (χ1v) is 7.69. The Kier molecular flexibility index (Phi) is 6.51. The largest absolute Gasteiger partial charge is 0.492 e. The van der Waals surface area contributed by atoms with Gasteiger partial charge >= 0.3 is 0 Å². The highest BCUT2D eigenvalue weighted by Gasteiger charge is 2.16. The quantitative estimate of drug-likeness (QED) is 0.807. The van der Waals surface area contributed by atoms with Crippen LogP contribution < -0.4 is 10.1 Å². The van der Waals surface area contributed by atoms with Gasteiger partial charge in [0.05, 0.1) is 22.6 Å². The summed E-state index contributed by atoms with van der Waals surface area (Å²) >= 11 is 3.53. The Morgan fingerprint density at radius 3 is 2.65 bits per heavy atom. The van der Waals surface area contributed by atoms with Crippen molar-refractivity contribution in [1.82, 2.24) is 5.32 Å². The second-order valence-corrected chi connectivity index (χ2v) is 6.75. The molecular formula is C16H23BrN2O. The molecule has 0 atom stereocenters. The van der Waals surface area contributed by atoms with Crippen LogP contribution in [-0.4, -0.2) is 12.6 Å². The molecular weight excluding hydrogens is 316 g/mol. The molecule has 0 radical (unpaired) electrons. The summed E-state index contributed by atoms with van der Waals surface area (Å²) in [4.78, 5) is 0. The lowest BCUT2D eigenvalue weighted by Gasteiger charge is -2.16. The van der Waals surface area contributed by atoms with E-state index in [0.29, 0.717) is 19.1 Å². The van der Waals surface area contributed by atoms with Gasteiger partial charge < -0.3 is 10.1 Å². The van der Waals surface area contributed by atoms with E-state index in [4.69, 9.17) is 10.00 Å². The van der Waals surface area contributed by atoms with Crippen molar-refractivity contribution in [2.45, 2.75) is 46.7 Å². The molecule has 1 aromatic rings. The van der Waals surface area contributed by atoms with Gasteiger partial charge in [0.25, 0.3) is 0 Å². The number of nitrogens with one attached hydrogen (secondary N) is 1. The average molecular weight is 339 g/mol. The molecule has 1 rings (SSSR count). The lowest BCUT2D eigenvalue weighted by atomic mass is 9.92. The van der Waals surface area contributed by atoms with E-state index in [0.717, 1.165) is 16.8 Å². The molecule has 0 heterocycles. The van der Waals surface area contributed by atoms with Crippen molar-refractivity contribution >= 4 is 15.9 Å². The van der Waals surface area contributed by atoms with Crippen LogP contribution in [0.4, 0.5) is 0 Å². The maximum absolute atomic E-state index is 8.96. The third kappa shape index (κ3) is 5.94. The topological polar surface area (TPSA) is 45.0 Å². The summed E-state index contributed by atoms with van der Waals surface area (Å²) in [6.45, 7) is 9.49. The summed E-state index contributed by atoms with van der Waals surface area (Å²) in [7, 11) is 0. The Morgan fingerprint density at radius 2 is 2.10 bits per heavy atom. The summed E-state index contributed by atoms with van der Waals surface area (Å²) in [5, 5.41) is 12.3. The molecule has 0 saturated carbocycles. The molecule has 0 saturated heterocycles. The monoisotopic (exact) mass is 338 g/mol. The van der Waals surface area contributed by atoms with Crippen LogP contribution in [0, 0.1) is 16.7 Å². The Hall–Kier alpha value is -1.05.